The maximum absolute atomic E-state index is 12.4. The maximum Gasteiger partial charge on any atom is 0.253 e. The average Bonchev–Trinajstić information content (AvgIpc) is 2.34. The summed E-state index contributed by atoms with van der Waals surface area (Å²) in [5, 5.41) is 3.21. The number of ether oxygens (including phenoxy) is 1. The van der Waals surface area contributed by atoms with Gasteiger partial charge in [0.15, 0.2) is 0 Å². The second kappa shape index (κ2) is 9.53. The minimum atomic E-state index is -0.306. The van der Waals surface area contributed by atoms with Crippen LogP contribution in [0.1, 0.15) is 13.8 Å². The lowest BCUT2D eigenvalue weighted by atomic mass is 10.2. The van der Waals surface area contributed by atoms with Crippen molar-refractivity contribution >= 4 is 18.3 Å². The van der Waals surface area contributed by atoms with Crippen LogP contribution >= 0.6 is 12.4 Å². The number of nitrogens with zero attached hydrogens (tertiary/aromatic N) is 2. The molecule has 0 spiro atoms. The predicted octanol–water partition coefficient (Wildman–Crippen LogP) is 0.443. The molecule has 6 heteroatoms. The number of nitrogens with one attached hydrogen (secondary N) is 1. The van der Waals surface area contributed by atoms with Crippen LogP contribution in [-0.2, 0) is 9.53 Å². The van der Waals surface area contributed by atoms with Crippen LogP contribution in [0.2, 0.25) is 0 Å². The topological polar surface area (TPSA) is 44.8 Å². The van der Waals surface area contributed by atoms with E-state index >= 15 is 0 Å². The van der Waals surface area contributed by atoms with Crippen molar-refractivity contribution in [3.8, 4) is 0 Å². The van der Waals surface area contributed by atoms with Crippen molar-refractivity contribution in [1.82, 2.24) is 15.1 Å². The summed E-state index contributed by atoms with van der Waals surface area (Å²) >= 11 is 0. The van der Waals surface area contributed by atoms with Gasteiger partial charge in [0, 0.05) is 32.7 Å². The minimum absolute atomic E-state index is 0. The van der Waals surface area contributed by atoms with Gasteiger partial charge in [0.1, 0.15) is 6.10 Å². The monoisotopic (exact) mass is 293 g/mol. The molecule has 0 aromatic carbocycles. The summed E-state index contributed by atoms with van der Waals surface area (Å²) in [6.45, 7) is 8.82. The second-order valence-corrected chi connectivity index (χ2v) is 5.54. The van der Waals surface area contributed by atoms with E-state index in [-0.39, 0.29) is 24.4 Å². The number of amides is 1. The molecule has 0 saturated carbocycles. The lowest BCUT2D eigenvalue weighted by molar-refractivity contribution is -0.145. The molecule has 1 saturated heterocycles. The van der Waals surface area contributed by atoms with Gasteiger partial charge in [0.05, 0.1) is 6.61 Å². The average molecular weight is 294 g/mol. The quantitative estimate of drug-likeness (QED) is 0.772. The van der Waals surface area contributed by atoms with Crippen LogP contribution in [0.15, 0.2) is 0 Å². The van der Waals surface area contributed by atoms with E-state index in [4.69, 9.17) is 4.74 Å². The molecule has 0 radical (unpaired) electrons. The molecule has 0 aromatic heterocycles. The Kier molecular flexibility index (Phi) is 9.35. The number of hydrogen-bond acceptors (Lipinski definition) is 4. The highest BCUT2D eigenvalue weighted by atomic mass is 35.5. The Balaban J connectivity index is 0.00000324. The normalized spacial score (nSPS) is 19.4. The van der Waals surface area contributed by atoms with Gasteiger partial charge in [-0.2, -0.15) is 0 Å². The zero-order chi connectivity index (χ0) is 13.5. The van der Waals surface area contributed by atoms with Crippen LogP contribution < -0.4 is 5.32 Å². The van der Waals surface area contributed by atoms with Gasteiger partial charge in [-0.25, -0.2) is 0 Å². The van der Waals surface area contributed by atoms with Crippen LogP contribution in [0.4, 0.5) is 0 Å². The molecule has 0 aromatic rings. The van der Waals surface area contributed by atoms with Crippen molar-refractivity contribution in [1.29, 1.82) is 0 Å². The first-order valence-corrected chi connectivity index (χ1v) is 6.76. The molecule has 1 heterocycles. The summed E-state index contributed by atoms with van der Waals surface area (Å²) < 4.78 is 5.54. The lowest BCUT2D eigenvalue weighted by Gasteiger charge is -2.31. The molecule has 1 aliphatic heterocycles. The first-order valence-electron chi connectivity index (χ1n) is 6.76. The van der Waals surface area contributed by atoms with E-state index in [2.05, 4.69) is 24.1 Å². The molecule has 1 amide bonds. The molecule has 5 nitrogen and oxygen atoms in total. The minimum Gasteiger partial charge on any atom is -0.366 e. The van der Waals surface area contributed by atoms with Gasteiger partial charge >= 0.3 is 0 Å². The molecule has 1 fully saturated rings. The first-order chi connectivity index (χ1) is 8.50. The summed E-state index contributed by atoms with van der Waals surface area (Å²) in [7, 11) is 4.05. The molecule has 0 bridgehead atoms. The fourth-order valence-electron chi connectivity index (χ4n) is 1.98. The molecule has 1 N–H and O–H groups in total. The van der Waals surface area contributed by atoms with Gasteiger partial charge in [-0.1, -0.05) is 13.8 Å². The van der Waals surface area contributed by atoms with E-state index in [1.807, 2.05) is 19.0 Å². The summed E-state index contributed by atoms with van der Waals surface area (Å²) in [5.41, 5.74) is 0. The van der Waals surface area contributed by atoms with E-state index in [0.29, 0.717) is 19.1 Å². The van der Waals surface area contributed by atoms with Crippen molar-refractivity contribution < 1.29 is 9.53 Å². The molecular weight excluding hydrogens is 266 g/mol. The van der Waals surface area contributed by atoms with Crippen molar-refractivity contribution in [2.24, 2.45) is 5.92 Å². The summed E-state index contributed by atoms with van der Waals surface area (Å²) in [6, 6.07) is 0. The number of rotatable bonds is 6. The Morgan fingerprint density at radius 1 is 1.37 bits per heavy atom. The number of halogens is 1. The first kappa shape index (κ1) is 18.6. The van der Waals surface area contributed by atoms with E-state index in [9.17, 15) is 4.79 Å². The van der Waals surface area contributed by atoms with Gasteiger partial charge in [-0.05, 0) is 20.0 Å². The highest BCUT2D eigenvalue weighted by molar-refractivity contribution is 5.85. The zero-order valence-electron chi connectivity index (χ0n) is 12.5. The third kappa shape index (κ3) is 7.11. The van der Waals surface area contributed by atoms with Gasteiger partial charge in [0.2, 0.25) is 0 Å². The lowest BCUT2D eigenvalue weighted by Crippen LogP contribution is -2.51. The molecule has 1 atom stereocenters. The van der Waals surface area contributed by atoms with Gasteiger partial charge in [0.25, 0.3) is 5.91 Å². The molecule has 1 rings (SSSR count). The number of carbonyl (C=O) groups is 1. The second-order valence-electron chi connectivity index (χ2n) is 5.54. The molecule has 19 heavy (non-hydrogen) atoms. The van der Waals surface area contributed by atoms with Crippen LogP contribution in [0.3, 0.4) is 0 Å². The van der Waals surface area contributed by atoms with Gasteiger partial charge in [-0.15, -0.1) is 12.4 Å². The van der Waals surface area contributed by atoms with Crippen LogP contribution in [0, 0.1) is 5.92 Å². The summed E-state index contributed by atoms with van der Waals surface area (Å²) in [4.78, 5) is 16.4. The fraction of sp³-hybridized carbons (Fsp3) is 0.923. The van der Waals surface area contributed by atoms with Crippen LogP contribution in [0.25, 0.3) is 0 Å². The Morgan fingerprint density at radius 3 is 2.53 bits per heavy atom. The predicted molar refractivity (Wildman–Crippen MR) is 79.8 cm³/mol. The van der Waals surface area contributed by atoms with E-state index in [1.54, 1.807) is 0 Å². The molecular formula is C13H28ClN3O2. The largest absolute Gasteiger partial charge is 0.366 e. The van der Waals surface area contributed by atoms with Crippen molar-refractivity contribution in [3.63, 3.8) is 0 Å². The number of carbonyl (C=O) groups excluding carboxylic acids is 1. The molecule has 1 unspecified atom stereocenters. The van der Waals surface area contributed by atoms with E-state index in [1.165, 1.54) is 0 Å². The summed E-state index contributed by atoms with van der Waals surface area (Å²) in [6.07, 6.45) is -0.306. The zero-order valence-corrected chi connectivity index (χ0v) is 13.3. The Morgan fingerprint density at radius 2 is 2.05 bits per heavy atom. The van der Waals surface area contributed by atoms with Crippen LogP contribution in [0.5, 0.6) is 0 Å². The van der Waals surface area contributed by atoms with Gasteiger partial charge in [-0.3, -0.25) is 4.79 Å². The highest BCUT2D eigenvalue weighted by Gasteiger charge is 2.27. The third-order valence-corrected chi connectivity index (χ3v) is 2.92. The van der Waals surface area contributed by atoms with Gasteiger partial charge < -0.3 is 19.9 Å². The standard InChI is InChI=1S/C13H27N3O2.ClH/c1-11(2)10-16(7-6-15(3)4)13(17)12-9-14-5-8-18-12;/h11-12,14H,5-10H2,1-4H3;1H. The van der Waals surface area contributed by atoms with Crippen LogP contribution in [-0.4, -0.2) is 75.2 Å². The molecule has 0 aliphatic carbocycles. The SMILES string of the molecule is CC(C)CN(CCN(C)C)C(=O)C1CNCCO1.Cl. The highest BCUT2D eigenvalue weighted by Crippen LogP contribution is 2.06. The Hall–Kier alpha value is -0.360. The van der Waals surface area contributed by atoms with E-state index in [0.717, 1.165) is 26.2 Å². The third-order valence-electron chi connectivity index (χ3n) is 2.92. The van der Waals surface area contributed by atoms with Crippen molar-refractivity contribution in [2.75, 3.05) is 53.4 Å². The summed E-state index contributed by atoms with van der Waals surface area (Å²) in [5.74, 6) is 0.602. The molecule has 114 valence electrons. The number of likely N-dealkylation sites (N-methyl/N-ethyl adjacent to an activating group) is 1. The Bertz CT molecular complexity index is 256. The van der Waals surface area contributed by atoms with Crippen molar-refractivity contribution in [3.05, 3.63) is 0 Å². The fourth-order valence-corrected chi connectivity index (χ4v) is 1.98. The number of morpholine rings is 1. The maximum atomic E-state index is 12.4. The van der Waals surface area contributed by atoms with Crippen molar-refractivity contribution in [2.45, 2.75) is 20.0 Å². The Labute approximate surface area is 123 Å². The molecule has 1 aliphatic rings. The number of hydrogen-bond donors (Lipinski definition) is 1. The van der Waals surface area contributed by atoms with E-state index < -0.39 is 0 Å². The smallest absolute Gasteiger partial charge is 0.253 e.